The number of benzene rings is 1. The molecule has 0 saturated heterocycles. The summed E-state index contributed by atoms with van der Waals surface area (Å²) in [4.78, 5) is 13.2. The number of likely N-dealkylation sites (N-methyl/N-ethyl adjacent to an activating group) is 1. The highest BCUT2D eigenvalue weighted by molar-refractivity contribution is 5.88. The summed E-state index contributed by atoms with van der Waals surface area (Å²) in [6, 6.07) is 9.36. The van der Waals surface area contributed by atoms with E-state index in [0.29, 0.717) is 0 Å². The molecule has 0 radical (unpaired) electrons. The van der Waals surface area contributed by atoms with E-state index in [1.807, 2.05) is 37.4 Å². The number of nitrogens with zero attached hydrogens (tertiary/aromatic N) is 1. The van der Waals surface area contributed by atoms with E-state index in [2.05, 4.69) is 10.2 Å². The Kier molecular flexibility index (Phi) is 3.66. The minimum Gasteiger partial charge on any atom is -0.484 e. The van der Waals surface area contributed by atoms with Crippen molar-refractivity contribution in [3.63, 3.8) is 0 Å². The van der Waals surface area contributed by atoms with E-state index in [1.54, 1.807) is 6.26 Å². The van der Waals surface area contributed by atoms with E-state index in [4.69, 9.17) is 9.15 Å². The highest BCUT2D eigenvalue weighted by Gasteiger charge is 2.27. The Balaban J connectivity index is 1.74. The summed E-state index contributed by atoms with van der Waals surface area (Å²) in [5.74, 6) is 1.65. The maximum absolute atomic E-state index is 11.0. The van der Waals surface area contributed by atoms with Crippen molar-refractivity contribution in [1.29, 1.82) is 0 Å². The Morgan fingerprint density at radius 3 is 2.81 bits per heavy atom. The quantitative estimate of drug-likeness (QED) is 0.942. The number of anilines is 1. The molecule has 0 aliphatic carbocycles. The van der Waals surface area contributed by atoms with Gasteiger partial charge in [-0.2, -0.15) is 0 Å². The lowest BCUT2D eigenvalue weighted by Gasteiger charge is -2.29. The highest BCUT2D eigenvalue weighted by Crippen LogP contribution is 2.31. The molecule has 0 fully saturated rings. The monoisotopic (exact) mass is 286 g/mol. The third kappa shape index (κ3) is 3.08. The van der Waals surface area contributed by atoms with Crippen LogP contribution in [0.25, 0.3) is 0 Å². The molecule has 21 heavy (non-hydrogen) atoms. The van der Waals surface area contributed by atoms with E-state index < -0.39 is 0 Å². The van der Waals surface area contributed by atoms with Crippen LogP contribution in [0.5, 0.6) is 5.75 Å². The van der Waals surface area contributed by atoms with Gasteiger partial charge >= 0.3 is 0 Å². The van der Waals surface area contributed by atoms with Crippen LogP contribution in [-0.4, -0.2) is 24.4 Å². The number of ether oxygens (including phenoxy) is 1. The summed E-state index contributed by atoms with van der Waals surface area (Å²) in [6.45, 7) is 3.12. The summed E-state index contributed by atoms with van der Waals surface area (Å²) >= 11 is 0. The third-order valence-electron chi connectivity index (χ3n) is 3.47. The topological polar surface area (TPSA) is 54.7 Å². The van der Waals surface area contributed by atoms with Crippen LogP contribution in [0.2, 0.25) is 0 Å². The molecular weight excluding hydrogens is 268 g/mol. The van der Waals surface area contributed by atoms with Gasteiger partial charge in [-0.1, -0.05) is 0 Å². The minimum absolute atomic E-state index is 0.0379. The molecule has 1 N–H and O–H groups in total. The smallest absolute Gasteiger partial charge is 0.221 e. The van der Waals surface area contributed by atoms with Crippen molar-refractivity contribution in [2.24, 2.45) is 0 Å². The van der Waals surface area contributed by atoms with Crippen LogP contribution >= 0.6 is 0 Å². The van der Waals surface area contributed by atoms with Crippen molar-refractivity contribution < 1.29 is 13.9 Å². The molecule has 3 rings (SSSR count). The van der Waals surface area contributed by atoms with Crippen molar-refractivity contribution in [2.45, 2.75) is 19.6 Å². The first-order valence-electron chi connectivity index (χ1n) is 6.91. The molecule has 2 aromatic rings. The lowest BCUT2D eigenvalue weighted by molar-refractivity contribution is -0.114. The molecule has 1 amide bonds. The van der Waals surface area contributed by atoms with Gasteiger partial charge in [-0.15, -0.1) is 0 Å². The number of rotatable bonds is 3. The van der Waals surface area contributed by atoms with Crippen molar-refractivity contribution in [3.8, 4) is 5.75 Å². The predicted octanol–water partition coefficient (Wildman–Crippen LogP) is 2.80. The van der Waals surface area contributed by atoms with Crippen LogP contribution < -0.4 is 10.1 Å². The molecule has 1 unspecified atom stereocenters. The van der Waals surface area contributed by atoms with Crippen molar-refractivity contribution in [3.05, 3.63) is 47.9 Å². The first-order chi connectivity index (χ1) is 10.1. The number of fused-ring (bicyclic) bond motifs is 1. The molecule has 5 heteroatoms. The second kappa shape index (κ2) is 5.61. The molecule has 0 spiro atoms. The molecule has 1 aromatic carbocycles. The van der Waals surface area contributed by atoms with Gasteiger partial charge in [0.25, 0.3) is 0 Å². The summed E-state index contributed by atoms with van der Waals surface area (Å²) in [7, 11) is 2.04. The van der Waals surface area contributed by atoms with Gasteiger partial charge in [0.05, 0.1) is 12.8 Å². The summed E-state index contributed by atoms with van der Waals surface area (Å²) in [5.41, 5.74) is 1.87. The lowest BCUT2D eigenvalue weighted by Crippen LogP contribution is -2.32. The fraction of sp³-hybridized carbons (Fsp3) is 0.312. The Hall–Kier alpha value is -2.27. The van der Waals surface area contributed by atoms with E-state index in [0.717, 1.165) is 35.9 Å². The third-order valence-corrected chi connectivity index (χ3v) is 3.47. The second-order valence-electron chi connectivity index (χ2n) is 5.31. The van der Waals surface area contributed by atoms with Crippen LogP contribution in [0.4, 0.5) is 5.69 Å². The van der Waals surface area contributed by atoms with E-state index in [9.17, 15) is 4.79 Å². The number of hydrogen-bond donors (Lipinski definition) is 1. The zero-order valence-electron chi connectivity index (χ0n) is 12.1. The number of nitrogens with one attached hydrogen (secondary N) is 1. The van der Waals surface area contributed by atoms with Crippen LogP contribution in [-0.2, 0) is 11.3 Å². The molecule has 1 atom stereocenters. The summed E-state index contributed by atoms with van der Waals surface area (Å²) in [6.07, 6.45) is 1.67. The van der Waals surface area contributed by atoms with Crippen LogP contribution in [0.3, 0.4) is 0 Å². The van der Waals surface area contributed by atoms with Crippen molar-refractivity contribution >= 4 is 11.6 Å². The zero-order chi connectivity index (χ0) is 14.8. The van der Waals surface area contributed by atoms with Gasteiger partial charge < -0.3 is 14.5 Å². The first-order valence-corrected chi connectivity index (χ1v) is 6.91. The lowest BCUT2D eigenvalue weighted by atomic mass is 10.1. The Labute approximate surface area is 123 Å². The molecule has 1 aliphatic heterocycles. The van der Waals surface area contributed by atoms with Crippen LogP contribution in [0.1, 0.15) is 24.4 Å². The zero-order valence-corrected chi connectivity index (χ0v) is 12.1. The minimum atomic E-state index is -0.0828. The molecule has 5 nitrogen and oxygen atoms in total. The van der Waals surface area contributed by atoms with E-state index in [1.165, 1.54) is 6.92 Å². The number of carbonyl (C=O) groups is 1. The summed E-state index contributed by atoms with van der Waals surface area (Å²) < 4.78 is 11.5. The molecular formula is C16H18N2O3. The highest BCUT2D eigenvalue weighted by atomic mass is 16.5. The van der Waals surface area contributed by atoms with Crippen LogP contribution in [0.15, 0.2) is 41.0 Å². The fourth-order valence-corrected chi connectivity index (χ4v) is 2.54. The van der Waals surface area contributed by atoms with Gasteiger partial charge in [-0.3, -0.25) is 9.69 Å². The Morgan fingerprint density at radius 1 is 1.33 bits per heavy atom. The molecule has 0 saturated carbocycles. The Morgan fingerprint density at radius 2 is 2.10 bits per heavy atom. The maximum Gasteiger partial charge on any atom is 0.221 e. The van der Waals surface area contributed by atoms with Gasteiger partial charge in [0, 0.05) is 24.7 Å². The molecule has 110 valence electrons. The number of furan rings is 1. The van der Waals surface area contributed by atoms with Gasteiger partial charge in [-0.25, -0.2) is 0 Å². The van der Waals surface area contributed by atoms with E-state index in [-0.39, 0.29) is 12.0 Å². The van der Waals surface area contributed by atoms with Gasteiger partial charge in [-0.05, 0) is 37.4 Å². The summed E-state index contributed by atoms with van der Waals surface area (Å²) in [5, 5.41) is 2.74. The molecule has 1 aromatic heterocycles. The van der Waals surface area contributed by atoms with E-state index >= 15 is 0 Å². The van der Waals surface area contributed by atoms with Crippen molar-refractivity contribution in [1.82, 2.24) is 4.90 Å². The maximum atomic E-state index is 11.0. The number of hydrogen-bond acceptors (Lipinski definition) is 4. The van der Waals surface area contributed by atoms with Gasteiger partial charge in [0.2, 0.25) is 5.91 Å². The standard InChI is InChI=1S/C16H18N2O3/c1-11(19)17-12-3-5-13(6-4-12)21-16-10-18(2)9-15-14(16)7-8-20-15/h3-8,16H,9-10H2,1-2H3,(H,17,19). The molecule has 2 heterocycles. The van der Waals surface area contributed by atoms with Gasteiger partial charge in [0.1, 0.15) is 17.6 Å². The normalized spacial score (nSPS) is 18.1. The largest absolute Gasteiger partial charge is 0.484 e. The van der Waals surface area contributed by atoms with Gasteiger partial charge in [0.15, 0.2) is 0 Å². The molecule has 1 aliphatic rings. The number of carbonyl (C=O) groups excluding carboxylic acids is 1. The van der Waals surface area contributed by atoms with Crippen molar-refractivity contribution in [2.75, 3.05) is 18.9 Å². The molecule has 0 bridgehead atoms. The number of amides is 1. The SMILES string of the molecule is CC(=O)Nc1ccc(OC2CN(C)Cc3occc32)cc1. The first kappa shape index (κ1) is 13.7. The average molecular weight is 286 g/mol. The average Bonchev–Trinajstić information content (AvgIpc) is 2.88. The predicted molar refractivity (Wildman–Crippen MR) is 79.2 cm³/mol. The fourth-order valence-electron chi connectivity index (χ4n) is 2.54. The Bertz CT molecular complexity index is 633. The second-order valence-corrected chi connectivity index (χ2v) is 5.31. The van der Waals surface area contributed by atoms with Crippen LogP contribution in [0, 0.1) is 0 Å².